The van der Waals surface area contributed by atoms with Crippen molar-refractivity contribution in [2.75, 3.05) is 0 Å². The third kappa shape index (κ3) is 5.13. The highest BCUT2D eigenvalue weighted by atomic mass is 19.1. The average Bonchev–Trinajstić information content (AvgIpc) is 2.34. The molecule has 0 heterocycles. The highest BCUT2D eigenvalue weighted by Gasteiger charge is 2.13. The van der Waals surface area contributed by atoms with Crippen LogP contribution in [0.25, 0.3) is 0 Å². The maximum absolute atomic E-state index is 13.3. The molecule has 0 amide bonds. The van der Waals surface area contributed by atoms with Gasteiger partial charge in [0, 0.05) is 12.0 Å². The SMILES string of the molecule is CCCCCCCC(O)Cc1c(F)cccc1F. The van der Waals surface area contributed by atoms with Gasteiger partial charge in [0.15, 0.2) is 0 Å². The summed E-state index contributed by atoms with van der Waals surface area (Å²) in [5.74, 6) is -1.14. The summed E-state index contributed by atoms with van der Waals surface area (Å²) in [7, 11) is 0. The lowest BCUT2D eigenvalue weighted by Crippen LogP contribution is -2.12. The Morgan fingerprint density at radius 2 is 1.67 bits per heavy atom. The lowest BCUT2D eigenvalue weighted by molar-refractivity contribution is 0.158. The summed E-state index contributed by atoms with van der Waals surface area (Å²) in [6.07, 6.45) is 5.56. The zero-order valence-corrected chi connectivity index (χ0v) is 11.0. The van der Waals surface area contributed by atoms with Gasteiger partial charge in [-0.1, -0.05) is 45.1 Å². The molecule has 0 aliphatic heterocycles. The largest absolute Gasteiger partial charge is 0.393 e. The molecule has 1 atom stereocenters. The maximum Gasteiger partial charge on any atom is 0.129 e. The molecule has 102 valence electrons. The van der Waals surface area contributed by atoms with Gasteiger partial charge in [0.05, 0.1) is 6.10 Å². The molecule has 1 nitrogen and oxygen atoms in total. The molecule has 0 fully saturated rings. The van der Waals surface area contributed by atoms with Gasteiger partial charge >= 0.3 is 0 Å². The normalized spacial score (nSPS) is 12.7. The van der Waals surface area contributed by atoms with E-state index in [2.05, 4.69) is 6.92 Å². The minimum absolute atomic E-state index is 0.00134. The van der Waals surface area contributed by atoms with E-state index in [9.17, 15) is 13.9 Å². The summed E-state index contributed by atoms with van der Waals surface area (Å²) < 4.78 is 26.7. The molecule has 1 aromatic carbocycles. The first-order valence-corrected chi connectivity index (χ1v) is 6.76. The van der Waals surface area contributed by atoms with Gasteiger partial charge in [0.2, 0.25) is 0 Å². The van der Waals surface area contributed by atoms with E-state index < -0.39 is 17.7 Å². The molecular weight excluding hydrogens is 234 g/mol. The van der Waals surface area contributed by atoms with Crippen LogP contribution in [0, 0.1) is 11.6 Å². The van der Waals surface area contributed by atoms with Crippen LogP contribution < -0.4 is 0 Å². The van der Waals surface area contributed by atoms with Crippen LogP contribution in [0.1, 0.15) is 51.0 Å². The zero-order chi connectivity index (χ0) is 13.4. The van der Waals surface area contributed by atoms with Crippen LogP contribution in [0.5, 0.6) is 0 Å². The molecule has 1 rings (SSSR count). The molecule has 0 aliphatic carbocycles. The fourth-order valence-electron chi connectivity index (χ4n) is 2.05. The number of benzene rings is 1. The third-order valence-electron chi connectivity index (χ3n) is 3.14. The zero-order valence-electron chi connectivity index (χ0n) is 11.0. The molecule has 1 N–H and O–H groups in total. The predicted octanol–water partition coefficient (Wildman–Crippen LogP) is 4.23. The maximum atomic E-state index is 13.3. The molecule has 0 aromatic heterocycles. The van der Waals surface area contributed by atoms with Crippen molar-refractivity contribution >= 4 is 0 Å². The highest BCUT2D eigenvalue weighted by molar-refractivity contribution is 5.20. The quantitative estimate of drug-likeness (QED) is 0.690. The topological polar surface area (TPSA) is 20.2 Å². The van der Waals surface area contributed by atoms with Crippen LogP contribution in [0.3, 0.4) is 0 Å². The van der Waals surface area contributed by atoms with Crippen molar-refractivity contribution in [2.45, 2.75) is 58.0 Å². The fraction of sp³-hybridized carbons (Fsp3) is 0.600. The highest BCUT2D eigenvalue weighted by Crippen LogP contribution is 2.16. The van der Waals surface area contributed by atoms with E-state index in [1.54, 1.807) is 0 Å². The van der Waals surface area contributed by atoms with Crippen molar-refractivity contribution < 1.29 is 13.9 Å². The number of halogens is 2. The van der Waals surface area contributed by atoms with Crippen LogP contribution in [0.15, 0.2) is 18.2 Å². The smallest absolute Gasteiger partial charge is 0.129 e. The molecule has 0 saturated heterocycles. The van der Waals surface area contributed by atoms with Crippen LogP contribution in [-0.4, -0.2) is 11.2 Å². The van der Waals surface area contributed by atoms with Crippen molar-refractivity contribution in [3.05, 3.63) is 35.4 Å². The summed E-state index contributed by atoms with van der Waals surface area (Å²) in [6, 6.07) is 3.80. The van der Waals surface area contributed by atoms with Crippen LogP contribution in [0.2, 0.25) is 0 Å². The fourth-order valence-corrected chi connectivity index (χ4v) is 2.05. The van der Waals surface area contributed by atoms with E-state index in [0.717, 1.165) is 19.3 Å². The van der Waals surface area contributed by atoms with Gasteiger partial charge in [-0.15, -0.1) is 0 Å². The van der Waals surface area contributed by atoms with E-state index in [4.69, 9.17) is 0 Å². The number of hydrogen-bond donors (Lipinski definition) is 1. The van der Waals surface area contributed by atoms with Crippen molar-refractivity contribution in [2.24, 2.45) is 0 Å². The Morgan fingerprint density at radius 1 is 1.06 bits per heavy atom. The van der Waals surface area contributed by atoms with Gasteiger partial charge in [-0.05, 0) is 18.6 Å². The lowest BCUT2D eigenvalue weighted by Gasteiger charge is -2.11. The number of aliphatic hydroxyl groups excluding tert-OH is 1. The molecule has 18 heavy (non-hydrogen) atoms. The standard InChI is InChI=1S/C15H22F2O/c1-2-3-4-5-6-8-12(18)11-13-14(16)9-7-10-15(13)17/h7,9-10,12,18H,2-6,8,11H2,1H3. The van der Waals surface area contributed by atoms with E-state index in [1.807, 2.05) is 0 Å². The summed E-state index contributed by atoms with van der Waals surface area (Å²) >= 11 is 0. The van der Waals surface area contributed by atoms with Gasteiger partial charge in [0.1, 0.15) is 11.6 Å². The van der Waals surface area contributed by atoms with Gasteiger partial charge in [-0.2, -0.15) is 0 Å². The molecule has 1 aromatic rings. The first kappa shape index (κ1) is 15.1. The molecule has 0 saturated carbocycles. The molecule has 0 spiro atoms. The second-order valence-corrected chi connectivity index (χ2v) is 4.76. The lowest BCUT2D eigenvalue weighted by atomic mass is 10.0. The molecule has 0 radical (unpaired) electrons. The average molecular weight is 256 g/mol. The summed E-state index contributed by atoms with van der Waals surface area (Å²) in [4.78, 5) is 0. The number of rotatable bonds is 8. The predicted molar refractivity (Wildman–Crippen MR) is 69.4 cm³/mol. The monoisotopic (exact) mass is 256 g/mol. The Balaban J connectivity index is 2.33. The third-order valence-corrected chi connectivity index (χ3v) is 3.14. The molecule has 3 heteroatoms. The molecule has 0 aliphatic rings. The van der Waals surface area contributed by atoms with Crippen molar-refractivity contribution in [3.8, 4) is 0 Å². The Kier molecular flexibility index (Phi) is 6.88. The summed E-state index contributed by atoms with van der Waals surface area (Å²) in [5.41, 5.74) is -0.00134. The van der Waals surface area contributed by atoms with Crippen molar-refractivity contribution in [1.29, 1.82) is 0 Å². The minimum Gasteiger partial charge on any atom is -0.393 e. The van der Waals surface area contributed by atoms with Crippen molar-refractivity contribution in [3.63, 3.8) is 0 Å². The van der Waals surface area contributed by atoms with Crippen LogP contribution >= 0.6 is 0 Å². The summed E-state index contributed by atoms with van der Waals surface area (Å²) in [5, 5.41) is 9.77. The second kappa shape index (κ2) is 8.20. The Bertz CT molecular complexity index is 332. The summed E-state index contributed by atoms with van der Waals surface area (Å²) in [6.45, 7) is 2.15. The molecular formula is C15H22F2O. The van der Waals surface area contributed by atoms with E-state index in [-0.39, 0.29) is 12.0 Å². The van der Waals surface area contributed by atoms with E-state index >= 15 is 0 Å². The second-order valence-electron chi connectivity index (χ2n) is 4.76. The van der Waals surface area contributed by atoms with Gasteiger partial charge in [-0.25, -0.2) is 8.78 Å². The van der Waals surface area contributed by atoms with Gasteiger partial charge in [0.25, 0.3) is 0 Å². The van der Waals surface area contributed by atoms with E-state index in [1.165, 1.54) is 31.0 Å². The van der Waals surface area contributed by atoms with Gasteiger partial charge in [-0.3, -0.25) is 0 Å². The minimum atomic E-state index is -0.655. The van der Waals surface area contributed by atoms with Crippen LogP contribution in [0.4, 0.5) is 8.78 Å². The number of aliphatic hydroxyl groups is 1. The van der Waals surface area contributed by atoms with E-state index in [0.29, 0.717) is 6.42 Å². The Morgan fingerprint density at radius 3 is 2.28 bits per heavy atom. The first-order valence-electron chi connectivity index (χ1n) is 6.76. The molecule has 1 unspecified atom stereocenters. The van der Waals surface area contributed by atoms with Crippen LogP contribution in [-0.2, 0) is 6.42 Å². The number of hydrogen-bond acceptors (Lipinski definition) is 1. The first-order chi connectivity index (χ1) is 8.65. The Hall–Kier alpha value is -0.960. The van der Waals surface area contributed by atoms with Crippen molar-refractivity contribution in [1.82, 2.24) is 0 Å². The van der Waals surface area contributed by atoms with Gasteiger partial charge < -0.3 is 5.11 Å². The molecule has 0 bridgehead atoms. The Labute approximate surface area is 108 Å². The number of unbranched alkanes of at least 4 members (excludes halogenated alkanes) is 4.